The van der Waals surface area contributed by atoms with E-state index in [1.165, 1.54) is 47.5 Å². The van der Waals surface area contributed by atoms with Crippen LogP contribution in [0.4, 0.5) is 13.2 Å². The van der Waals surface area contributed by atoms with Gasteiger partial charge in [0.25, 0.3) is 11.7 Å². The summed E-state index contributed by atoms with van der Waals surface area (Å²) in [6.07, 6.45) is 1.48. The second-order valence-electron chi connectivity index (χ2n) is 7.70. The number of nitrogens with two attached hydrogens (primary N) is 1. The maximum Gasteiger partial charge on any atom is 0.339 e. The first-order valence-corrected chi connectivity index (χ1v) is 10.9. The summed E-state index contributed by atoms with van der Waals surface area (Å²) in [6.45, 7) is -1.87. The number of benzene rings is 2. The van der Waals surface area contributed by atoms with Crippen molar-refractivity contribution in [1.82, 2.24) is 15.5 Å². The Morgan fingerprint density at radius 3 is 2.67 bits per heavy atom. The highest BCUT2D eigenvalue weighted by atomic mass is 19.1. The number of carbonyl (C=O) groups excluding carboxylic acids is 2. The molecule has 0 bridgehead atoms. The fourth-order valence-electron chi connectivity index (χ4n) is 3.19. The Kier molecular flexibility index (Phi) is 8.76. The molecule has 0 aromatic heterocycles. The molecule has 12 heteroatoms. The molecular formula is C24H26F3N4O5+. The molecule has 2 aromatic rings. The Balaban J connectivity index is 1.95. The van der Waals surface area contributed by atoms with Crippen molar-refractivity contribution in [2.24, 2.45) is 0 Å². The maximum atomic E-state index is 15.2. The van der Waals surface area contributed by atoms with Crippen molar-refractivity contribution in [3.8, 4) is 23.0 Å². The number of nitrogens with zero attached hydrogens (tertiary/aromatic N) is 1. The highest BCUT2D eigenvalue weighted by Gasteiger charge is 2.27. The number of likely N-dealkylation sites (N-methyl/N-ethyl adjacent to an activating group) is 1. The van der Waals surface area contributed by atoms with Crippen LogP contribution in [0.3, 0.4) is 0 Å². The number of amides is 2. The number of hydrogen-bond donors (Lipinski definition) is 3. The van der Waals surface area contributed by atoms with Crippen LogP contribution < -0.4 is 30.3 Å². The standard InChI is InChI=1S/C24H25F3N4O5/c1-29-6-5-20(28)30-23(32)14-9-15(35-17(12-25)13-26)11-16(10-14)36-19-4-3-18-22(21(19)27)34-8-7-31(2)24(18)33/h3-6,9-11,17,29H,7-8,12-13H2,1-2H3,(H2,28,30,32)/p+1/b6-5-. The lowest BCUT2D eigenvalue weighted by Gasteiger charge is -2.16. The fourth-order valence-corrected chi connectivity index (χ4v) is 3.19. The number of carbonyl (C=O) groups is 2. The number of fused-ring (bicyclic) bond motifs is 1. The van der Waals surface area contributed by atoms with E-state index in [4.69, 9.17) is 19.6 Å². The summed E-state index contributed by atoms with van der Waals surface area (Å²) in [4.78, 5) is 26.5. The number of ether oxygens (including phenoxy) is 3. The van der Waals surface area contributed by atoms with Crippen LogP contribution in [0.15, 0.2) is 42.6 Å². The Labute approximate surface area is 205 Å². The number of nitrogens with one attached hydrogen (secondary N) is 2. The minimum Gasteiger partial charge on any atom is -0.488 e. The molecule has 0 spiro atoms. The van der Waals surface area contributed by atoms with E-state index in [0.717, 1.165) is 0 Å². The summed E-state index contributed by atoms with van der Waals surface area (Å²) in [5.74, 6) is -2.73. The van der Waals surface area contributed by atoms with E-state index in [1.807, 2.05) is 0 Å². The normalized spacial score (nSPS) is 13.2. The van der Waals surface area contributed by atoms with E-state index in [9.17, 15) is 18.4 Å². The molecule has 0 saturated carbocycles. The molecule has 0 unspecified atom stereocenters. The summed E-state index contributed by atoms with van der Waals surface area (Å²) in [7, 11) is 3.21. The van der Waals surface area contributed by atoms with Crippen molar-refractivity contribution in [2.45, 2.75) is 6.10 Å². The summed E-state index contributed by atoms with van der Waals surface area (Å²) in [5.41, 5.74) is -0.00522. The lowest BCUT2D eigenvalue weighted by Crippen LogP contribution is -2.49. The minimum atomic E-state index is -1.41. The van der Waals surface area contributed by atoms with E-state index >= 15 is 4.39 Å². The van der Waals surface area contributed by atoms with E-state index in [-0.39, 0.29) is 53.1 Å². The third-order valence-electron chi connectivity index (χ3n) is 5.02. The van der Waals surface area contributed by atoms with Crippen molar-refractivity contribution < 1.29 is 42.4 Å². The van der Waals surface area contributed by atoms with Crippen LogP contribution in [0.5, 0.6) is 23.0 Å². The van der Waals surface area contributed by atoms with Crippen LogP contribution in [0.25, 0.3) is 0 Å². The van der Waals surface area contributed by atoms with Gasteiger partial charge in [0.2, 0.25) is 5.82 Å². The van der Waals surface area contributed by atoms with Crippen molar-refractivity contribution in [3.05, 3.63) is 59.6 Å². The number of halogens is 3. The van der Waals surface area contributed by atoms with Crippen molar-refractivity contribution in [1.29, 1.82) is 0 Å². The van der Waals surface area contributed by atoms with E-state index < -0.39 is 37.1 Å². The third-order valence-corrected chi connectivity index (χ3v) is 5.02. The smallest absolute Gasteiger partial charge is 0.339 e. The Morgan fingerprint density at radius 1 is 1.25 bits per heavy atom. The monoisotopic (exact) mass is 507 g/mol. The van der Waals surface area contributed by atoms with Gasteiger partial charge in [-0.2, -0.15) is 4.39 Å². The summed E-state index contributed by atoms with van der Waals surface area (Å²) in [6, 6.07) is 6.34. The molecule has 9 nitrogen and oxygen atoms in total. The first-order chi connectivity index (χ1) is 17.3. The second kappa shape index (κ2) is 12.0. The molecule has 0 radical (unpaired) electrons. The lowest BCUT2D eigenvalue weighted by atomic mass is 10.1. The Hall–Kier alpha value is -4.22. The first-order valence-electron chi connectivity index (χ1n) is 10.9. The average Bonchev–Trinajstić information content (AvgIpc) is 3.01. The number of rotatable bonds is 9. The number of amidine groups is 1. The van der Waals surface area contributed by atoms with Gasteiger partial charge in [-0.15, -0.1) is 0 Å². The van der Waals surface area contributed by atoms with E-state index in [0.29, 0.717) is 0 Å². The van der Waals surface area contributed by atoms with Gasteiger partial charge in [-0.1, -0.05) is 0 Å². The first kappa shape index (κ1) is 26.4. The zero-order valence-electron chi connectivity index (χ0n) is 19.6. The lowest BCUT2D eigenvalue weighted by molar-refractivity contribution is -0.115. The molecule has 36 heavy (non-hydrogen) atoms. The summed E-state index contributed by atoms with van der Waals surface area (Å²) >= 11 is 0. The minimum absolute atomic E-state index is 0.0112. The van der Waals surface area contributed by atoms with Crippen LogP contribution in [0.1, 0.15) is 20.7 Å². The third kappa shape index (κ3) is 6.26. The van der Waals surface area contributed by atoms with Crippen molar-refractivity contribution in [2.75, 3.05) is 40.6 Å². The SMILES string of the molecule is CN/C=C\C(=[NH2+])NC(=O)c1cc(Oc2ccc3c(c2F)OCCN(C)C3=O)cc(OC(CF)CF)c1. The van der Waals surface area contributed by atoms with Gasteiger partial charge in [-0.25, -0.2) is 18.9 Å². The average molecular weight is 507 g/mol. The predicted octanol–water partition coefficient (Wildman–Crippen LogP) is 1.39. The van der Waals surface area contributed by atoms with Gasteiger partial charge in [0.05, 0.1) is 17.7 Å². The molecule has 0 atom stereocenters. The van der Waals surface area contributed by atoms with Crippen LogP contribution in [-0.4, -0.2) is 69.3 Å². The molecule has 2 amide bonds. The highest BCUT2D eigenvalue weighted by Crippen LogP contribution is 2.36. The van der Waals surface area contributed by atoms with Crippen LogP contribution in [0, 0.1) is 5.82 Å². The van der Waals surface area contributed by atoms with Crippen LogP contribution in [0.2, 0.25) is 0 Å². The topological polar surface area (TPSA) is 115 Å². The number of alkyl halides is 2. The largest absolute Gasteiger partial charge is 0.488 e. The molecule has 3 rings (SSSR count). The molecule has 4 N–H and O–H groups in total. The molecule has 192 valence electrons. The zero-order chi connectivity index (χ0) is 26.2. The number of hydrogen-bond acceptors (Lipinski definition) is 6. The second-order valence-corrected chi connectivity index (χ2v) is 7.70. The van der Waals surface area contributed by atoms with E-state index in [1.54, 1.807) is 14.1 Å². The molecular weight excluding hydrogens is 481 g/mol. The van der Waals surface area contributed by atoms with E-state index in [2.05, 4.69) is 10.6 Å². The Bertz CT molecular complexity index is 1170. The van der Waals surface area contributed by atoms with Crippen LogP contribution in [-0.2, 0) is 0 Å². The molecule has 1 heterocycles. The fraction of sp³-hybridized carbons (Fsp3) is 0.292. The highest BCUT2D eigenvalue weighted by molar-refractivity contribution is 6.08. The van der Waals surface area contributed by atoms with Gasteiger partial charge in [-0.05, 0) is 24.3 Å². The zero-order valence-corrected chi connectivity index (χ0v) is 19.6. The van der Waals surface area contributed by atoms with Gasteiger partial charge in [0.15, 0.2) is 17.6 Å². The summed E-state index contributed by atoms with van der Waals surface area (Å²) < 4.78 is 57.6. The Morgan fingerprint density at radius 2 is 1.97 bits per heavy atom. The summed E-state index contributed by atoms with van der Waals surface area (Å²) in [5, 5.41) is 10.9. The van der Waals surface area contributed by atoms with Gasteiger partial charge in [0.1, 0.15) is 31.5 Å². The van der Waals surface area contributed by atoms with Gasteiger partial charge in [-0.3, -0.25) is 10.2 Å². The van der Waals surface area contributed by atoms with Gasteiger partial charge < -0.3 is 24.4 Å². The molecule has 0 aliphatic carbocycles. The molecule has 2 aromatic carbocycles. The quantitative estimate of drug-likeness (QED) is 0.349. The molecule has 1 aliphatic rings. The molecule has 1 aliphatic heterocycles. The van der Waals surface area contributed by atoms with Crippen molar-refractivity contribution >= 4 is 17.6 Å². The van der Waals surface area contributed by atoms with Crippen molar-refractivity contribution in [3.63, 3.8) is 0 Å². The maximum absolute atomic E-state index is 15.2. The van der Waals surface area contributed by atoms with Gasteiger partial charge >= 0.3 is 5.91 Å². The van der Waals surface area contributed by atoms with Gasteiger partial charge in [0, 0.05) is 32.4 Å². The molecule has 0 saturated heterocycles. The predicted molar refractivity (Wildman–Crippen MR) is 124 cm³/mol. The van der Waals surface area contributed by atoms with Crippen LogP contribution >= 0.6 is 0 Å². The molecule has 0 fully saturated rings.